The summed E-state index contributed by atoms with van der Waals surface area (Å²) < 4.78 is 14.4. The fourth-order valence-electron chi connectivity index (χ4n) is 7.66. The van der Waals surface area contributed by atoms with Crippen molar-refractivity contribution in [3.63, 3.8) is 0 Å². The normalized spacial score (nSPS) is 22.1. The quantitative estimate of drug-likeness (QED) is 0.0399. The lowest BCUT2D eigenvalue weighted by molar-refractivity contribution is -0.895. The Balaban J connectivity index is 1.58. The van der Waals surface area contributed by atoms with Crippen LogP contribution in [0.15, 0.2) is 48.6 Å². The van der Waals surface area contributed by atoms with Crippen molar-refractivity contribution >= 4 is 0 Å². The van der Waals surface area contributed by atoms with Gasteiger partial charge in [-0.05, 0) is 77.0 Å². The van der Waals surface area contributed by atoms with Crippen molar-refractivity contribution in [2.45, 2.75) is 218 Å². The van der Waals surface area contributed by atoms with E-state index in [-0.39, 0.29) is 6.29 Å². The van der Waals surface area contributed by atoms with Gasteiger partial charge in [0.05, 0.1) is 39.4 Å². The average molecular weight is 683 g/mol. The highest BCUT2D eigenvalue weighted by Gasteiger charge is 2.49. The first-order valence-corrected chi connectivity index (χ1v) is 21.7. The molecule has 1 aliphatic carbocycles. The topological polar surface area (TPSA) is 18.5 Å². The Bertz CT molecular complexity index is 805. The summed E-state index contributed by atoms with van der Waals surface area (Å²) in [7, 11) is 6.97. The van der Waals surface area contributed by atoms with Gasteiger partial charge in [0.15, 0.2) is 6.29 Å². The van der Waals surface area contributed by atoms with E-state index in [9.17, 15) is 0 Å². The number of quaternary nitrogens is 1. The Morgan fingerprint density at radius 1 is 0.469 bits per heavy atom. The number of allylic oxidation sites excluding steroid dienone is 8. The Kier molecular flexibility index (Phi) is 26.4. The standard InChI is InChI=1S/C46H84NO2/c1-6-8-10-12-14-16-18-20-22-24-26-28-30-32-34-36-38-42(46-48-44-40-43(47(3,4)5)41-45(44)49-46)39-37-35-33-31-29-27-25-23-21-19-17-15-13-11-9-7-2/h14-17,20-23,42-46H,6-13,18-19,24-41H2,1-5H3/q+1. The largest absolute Gasteiger partial charge is 0.346 e. The van der Waals surface area contributed by atoms with Crippen LogP contribution in [-0.2, 0) is 9.47 Å². The monoisotopic (exact) mass is 683 g/mol. The number of nitrogens with zero attached hydrogens (tertiary/aromatic N) is 1. The van der Waals surface area contributed by atoms with E-state index in [2.05, 4.69) is 83.6 Å². The second-order valence-electron chi connectivity index (χ2n) is 16.5. The van der Waals surface area contributed by atoms with Crippen molar-refractivity contribution in [3.05, 3.63) is 48.6 Å². The van der Waals surface area contributed by atoms with E-state index in [4.69, 9.17) is 9.47 Å². The number of hydrogen-bond acceptors (Lipinski definition) is 2. The van der Waals surface area contributed by atoms with Crippen LogP contribution in [-0.4, -0.2) is 50.2 Å². The van der Waals surface area contributed by atoms with Crippen molar-refractivity contribution in [2.24, 2.45) is 5.92 Å². The molecule has 2 fully saturated rings. The van der Waals surface area contributed by atoms with Gasteiger partial charge in [0, 0.05) is 18.8 Å². The Labute approximate surface area is 307 Å². The van der Waals surface area contributed by atoms with Crippen LogP contribution < -0.4 is 0 Å². The van der Waals surface area contributed by atoms with Crippen LogP contribution in [0.5, 0.6) is 0 Å². The SMILES string of the molecule is CCCCCC=CCC=CCCCCCCCCC(CCCCCCCCC=CCC=CCCCCC)C1OC2CC([N+](C)(C)C)CC2O1. The Morgan fingerprint density at radius 3 is 1.18 bits per heavy atom. The maximum Gasteiger partial charge on any atom is 0.161 e. The zero-order valence-electron chi connectivity index (χ0n) is 33.6. The van der Waals surface area contributed by atoms with Gasteiger partial charge in [-0.1, -0.05) is 152 Å². The van der Waals surface area contributed by atoms with Gasteiger partial charge in [-0.15, -0.1) is 0 Å². The molecule has 3 heteroatoms. The van der Waals surface area contributed by atoms with Gasteiger partial charge in [-0.3, -0.25) is 0 Å². The third-order valence-electron chi connectivity index (χ3n) is 11.1. The molecule has 49 heavy (non-hydrogen) atoms. The van der Waals surface area contributed by atoms with Crippen LogP contribution >= 0.6 is 0 Å². The molecule has 0 bridgehead atoms. The molecule has 2 rings (SSSR count). The molecule has 2 aliphatic rings. The minimum atomic E-state index is 0.0411. The molecule has 1 saturated heterocycles. The van der Waals surface area contributed by atoms with Crippen molar-refractivity contribution < 1.29 is 14.0 Å². The van der Waals surface area contributed by atoms with Crippen LogP contribution in [0, 0.1) is 5.92 Å². The summed E-state index contributed by atoms with van der Waals surface area (Å²) in [4.78, 5) is 0. The van der Waals surface area contributed by atoms with Crippen LogP contribution in [0.1, 0.15) is 194 Å². The number of rotatable bonds is 32. The highest BCUT2D eigenvalue weighted by atomic mass is 16.7. The third-order valence-corrected chi connectivity index (χ3v) is 11.1. The summed E-state index contributed by atoms with van der Waals surface area (Å²) >= 11 is 0. The number of ether oxygens (including phenoxy) is 2. The summed E-state index contributed by atoms with van der Waals surface area (Å²) in [6.45, 7) is 4.55. The summed E-state index contributed by atoms with van der Waals surface area (Å²) in [6, 6.07) is 0.662. The molecular weight excluding hydrogens is 599 g/mol. The van der Waals surface area contributed by atoms with Gasteiger partial charge < -0.3 is 14.0 Å². The molecule has 0 spiro atoms. The lowest BCUT2D eigenvalue weighted by Gasteiger charge is -2.32. The van der Waals surface area contributed by atoms with Crippen molar-refractivity contribution in [3.8, 4) is 0 Å². The number of fused-ring (bicyclic) bond motifs is 1. The third kappa shape index (κ3) is 22.4. The van der Waals surface area contributed by atoms with E-state index in [1.807, 2.05) is 0 Å². The summed E-state index contributed by atoms with van der Waals surface area (Å²) in [5.41, 5.74) is 0. The van der Waals surface area contributed by atoms with Crippen LogP contribution in [0.4, 0.5) is 0 Å². The first kappa shape index (κ1) is 44.0. The van der Waals surface area contributed by atoms with Crippen LogP contribution in [0.25, 0.3) is 0 Å². The molecule has 1 heterocycles. The molecule has 2 atom stereocenters. The van der Waals surface area contributed by atoms with Crippen LogP contribution in [0.2, 0.25) is 0 Å². The first-order valence-electron chi connectivity index (χ1n) is 21.7. The molecule has 3 nitrogen and oxygen atoms in total. The van der Waals surface area contributed by atoms with Crippen molar-refractivity contribution in [2.75, 3.05) is 21.1 Å². The van der Waals surface area contributed by atoms with E-state index in [0.717, 1.165) is 30.2 Å². The van der Waals surface area contributed by atoms with Gasteiger partial charge in [-0.25, -0.2) is 0 Å². The highest BCUT2D eigenvalue weighted by Crippen LogP contribution is 2.40. The number of hydrogen-bond donors (Lipinski definition) is 0. The van der Waals surface area contributed by atoms with Crippen molar-refractivity contribution in [1.29, 1.82) is 0 Å². The summed E-state index contributed by atoms with van der Waals surface area (Å²) in [6.07, 6.45) is 56.0. The molecule has 0 aromatic rings. The molecule has 1 aliphatic heterocycles. The van der Waals surface area contributed by atoms with Crippen LogP contribution in [0.3, 0.4) is 0 Å². The predicted octanol–water partition coefficient (Wildman–Crippen LogP) is 14.0. The summed E-state index contributed by atoms with van der Waals surface area (Å²) in [5, 5.41) is 0. The molecule has 0 aromatic carbocycles. The molecule has 0 aromatic heterocycles. The molecule has 0 amide bonds. The maximum atomic E-state index is 6.68. The fourth-order valence-corrected chi connectivity index (χ4v) is 7.66. The number of unbranched alkanes of at least 4 members (excludes halogenated alkanes) is 18. The van der Waals surface area contributed by atoms with E-state index in [1.54, 1.807) is 0 Å². The van der Waals surface area contributed by atoms with Gasteiger partial charge >= 0.3 is 0 Å². The summed E-state index contributed by atoms with van der Waals surface area (Å²) in [5.74, 6) is 0.574. The maximum absolute atomic E-state index is 6.68. The Morgan fingerprint density at radius 2 is 0.816 bits per heavy atom. The molecular formula is C46H84NO2+. The lowest BCUT2D eigenvalue weighted by atomic mass is 9.93. The first-order chi connectivity index (χ1) is 24.0. The van der Waals surface area contributed by atoms with E-state index < -0.39 is 0 Å². The lowest BCUT2D eigenvalue weighted by Crippen LogP contribution is -2.44. The second kappa shape index (κ2) is 29.4. The molecule has 0 N–H and O–H groups in total. The zero-order valence-corrected chi connectivity index (χ0v) is 33.6. The molecule has 284 valence electrons. The van der Waals surface area contributed by atoms with Gasteiger partial charge in [0.2, 0.25) is 0 Å². The van der Waals surface area contributed by atoms with E-state index in [1.165, 1.54) is 154 Å². The van der Waals surface area contributed by atoms with Gasteiger partial charge in [0.1, 0.15) is 0 Å². The predicted molar refractivity (Wildman–Crippen MR) is 216 cm³/mol. The fraction of sp³-hybridized carbons (Fsp3) is 0.826. The van der Waals surface area contributed by atoms with E-state index >= 15 is 0 Å². The van der Waals surface area contributed by atoms with Crippen molar-refractivity contribution in [1.82, 2.24) is 0 Å². The van der Waals surface area contributed by atoms with Gasteiger partial charge in [0.25, 0.3) is 0 Å². The minimum Gasteiger partial charge on any atom is -0.346 e. The minimum absolute atomic E-state index is 0.0411. The molecule has 0 radical (unpaired) electrons. The molecule has 1 saturated carbocycles. The van der Waals surface area contributed by atoms with Gasteiger partial charge in [-0.2, -0.15) is 0 Å². The highest BCUT2D eigenvalue weighted by molar-refractivity contribution is 4.94. The Hall–Kier alpha value is -1.16. The van der Waals surface area contributed by atoms with E-state index in [0.29, 0.717) is 24.2 Å². The molecule has 2 unspecified atom stereocenters. The smallest absolute Gasteiger partial charge is 0.161 e. The average Bonchev–Trinajstić information content (AvgIpc) is 3.67. The second-order valence-corrected chi connectivity index (χ2v) is 16.5. The zero-order chi connectivity index (χ0) is 35.3.